The van der Waals surface area contributed by atoms with Gasteiger partial charge in [-0.25, -0.2) is 0 Å². The van der Waals surface area contributed by atoms with E-state index < -0.39 is 0 Å². The molecule has 0 saturated carbocycles. The Labute approximate surface area is 169 Å². The van der Waals surface area contributed by atoms with Crippen LogP contribution in [-0.2, 0) is 11.2 Å². The van der Waals surface area contributed by atoms with Crippen molar-refractivity contribution in [2.75, 3.05) is 18.8 Å². The number of pyridine rings is 1. The maximum atomic E-state index is 12.5. The molecule has 0 unspecified atom stereocenters. The van der Waals surface area contributed by atoms with Crippen LogP contribution in [0.3, 0.4) is 0 Å². The number of aryl methyl sites for hydroxylation is 1. The van der Waals surface area contributed by atoms with Crippen molar-refractivity contribution < 1.29 is 4.79 Å². The molecule has 3 heterocycles. The summed E-state index contributed by atoms with van der Waals surface area (Å²) in [6.07, 6.45) is 4.93. The number of hydrogen-bond acceptors (Lipinski definition) is 5. The van der Waals surface area contributed by atoms with E-state index >= 15 is 0 Å². The molecule has 0 spiro atoms. The minimum absolute atomic E-state index is 0.165. The summed E-state index contributed by atoms with van der Waals surface area (Å²) in [6, 6.07) is 14.1. The molecule has 7 heteroatoms. The fourth-order valence-corrected chi connectivity index (χ4v) is 4.18. The summed E-state index contributed by atoms with van der Waals surface area (Å²) in [7, 11) is 0. The van der Waals surface area contributed by atoms with Crippen LogP contribution in [-0.4, -0.2) is 49.4 Å². The van der Waals surface area contributed by atoms with E-state index in [1.807, 2.05) is 27.7 Å². The van der Waals surface area contributed by atoms with E-state index in [0.717, 1.165) is 43.7 Å². The highest BCUT2D eigenvalue weighted by Gasteiger charge is 2.21. The Morgan fingerprint density at radius 3 is 2.54 bits per heavy atom. The Morgan fingerprint density at radius 1 is 1.07 bits per heavy atom. The van der Waals surface area contributed by atoms with Crippen LogP contribution in [0.5, 0.6) is 0 Å². The van der Waals surface area contributed by atoms with Gasteiger partial charge in [-0.3, -0.25) is 14.3 Å². The number of hydrogen-bond donors (Lipinski definition) is 0. The van der Waals surface area contributed by atoms with Crippen molar-refractivity contribution >= 4 is 17.7 Å². The Kier molecular flexibility index (Phi) is 5.71. The first kappa shape index (κ1) is 18.7. The number of benzene rings is 1. The lowest BCUT2D eigenvalue weighted by molar-refractivity contribution is -0.127. The van der Waals surface area contributed by atoms with Gasteiger partial charge >= 0.3 is 0 Å². The van der Waals surface area contributed by atoms with E-state index in [1.165, 1.54) is 17.3 Å². The first-order valence-electron chi connectivity index (χ1n) is 9.63. The SMILES string of the molecule is CCc1ccc(-n2c(SCC(=O)N3CCCC3)nnc2-c2ccccn2)cc1. The molecule has 0 radical (unpaired) electrons. The van der Waals surface area contributed by atoms with Crippen LogP contribution in [0.2, 0.25) is 0 Å². The second-order valence-electron chi connectivity index (χ2n) is 6.75. The molecule has 144 valence electrons. The molecule has 2 aromatic heterocycles. The lowest BCUT2D eigenvalue weighted by atomic mass is 10.1. The number of nitrogens with zero attached hydrogens (tertiary/aromatic N) is 5. The fraction of sp³-hybridized carbons (Fsp3) is 0.333. The molecule has 1 fully saturated rings. The first-order valence-corrected chi connectivity index (χ1v) is 10.6. The standard InChI is InChI=1S/C21H23N5OS/c1-2-16-8-10-17(11-9-16)26-20(18-7-3-4-12-22-18)23-24-21(26)28-15-19(27)25-13-5-6-14-25/h3-4,7-12H,2,5-6,13-15H2,1H3. The molecule has 1 amide bonds. The van der Waals surface area contributed by atoms with Crippen molar-refractivity contribution in [1.29, 1.82) is 0 Å². The van der Waals surface area contributed by atoms with Gasteiger partial charge in [-0.1, -0.05) is 36.9 Å². The monoisotopic (exact) mass is 393 g/mol. The van der Waals surface area contributed by atoms with Gasteiger partial charge in [0.1, 0.15) is 5.69 Å². The van der Waals surface area contributed by atoms with E-state index in [9.17, 15) is 4.79 Å². The topological polar surface area (TPSA) is 63.9 Å². The summed E-state index contributed by atoms with van der Waals surface area (Å²) < 4.78 is 1.99. The normalized spacial score (nSPS) is 13.8. The Morgan fingerprint density at radius 2 is 1.86 bits per heavy atom. The molecule has 1 aromatic carbocycles. The number of carbonyl (C=O) groups excluding carboxylic acids is 1. The summed E-state index contributed by atoms with van der Waals surface area (Å²) in [6.45, 7) is 3.87. The van der Waals surface area contributed by atoms with Gasteiger partial charge in [-0.05, 0) is 49.1 Å². The Bertz CT molecular complexity index is 933. The van der Waals surface area contributed by atoms with Crippen LogP contribution in [0.4, 0.5) is 0 Å². The highest BCUT2D eigenvalue weighted by molar-refractivity contribution is 7.99. The summed E-state index contributed by atoms with van der Waals surface area (Å²) in [4.78, 5) is 18.8. The van der Waals surface area contributed by atoms with Gasteiger partial charge in [0.25, 0.3) is 0 Å². The third-order valence-corrected chi connectivity index (χ3v) is 5.83. The number of thioether (sulfide) groups is 1. The van der Waals surface area contributed by atoms with Gasteiger partial charge in [0.15, 0.2) is 11.0 Å². The van der Waals surface area contributed by atoms with Crippen LogP contribution in [0, 0.1) is 0 Å². The van der Waals surface area contributed by atoms with E-state index in [4.69, 9.17) is 0 Å². The quantitative estimate of drug-likeness (QED) is 0.599. The van der Waals surface area contributed by atoms with Crippen molar-refractivity contribution in [1.82, 2.24) is 24.6 Å². The van der Waals surface area contributed by atoms with Gasteiger partial charge < -0.3 is 4.90 Å². The largest absolute Gasteiger partial charge is 0.342 e. The predicted molar refractivity (Wildman–Crippen MR) is 111 cm³/mol. The van der Waals surface area contributed by atoms with Crippen LogP contribution in [0.25, 0.3) is 17.2 Å². The second-order valence-corrected chi connectivity index (χ2v) is 7.70. The molecule has 3 aromatic rings. The third-order valence-electron chi connectivity index (χ3n) is 4.91. The molecule has 0 atom stereocenters. The predicted octanol–water partition coefficient (Wildman–Crippen LogP) is 3.61. The molecular weight excluding hydrogens is 370 g/mol. The van der Waals surface area contributed by atoms with Crippen LogP contribution in [0.15, 0.2) is 53.8 Å². The zero-order chi connectivity index (χ0) is 19.3. The van der Waals surface area contributed by atoms with Crippen LogP contribution in [0.1, 0.15) is 25.3 Å². The fourth-order valence-electron chi connectivity index (χ4n) is 3.32. The lowest BCUT2D eigenvalue weighted by Gasteiger charge is -2.15. The van der Waals surface area contributed by atoms with Gasteiger partial charge in [-0.2, -0.15) is 0 Å². The summed E-state index contributed by atoms with van der Waals surface area (Å²) >= 11 is 1.43. The number of rotatable bonds is 6. The van der Waals surface area contributed by atoms with Crippen LogP contribution < -0.4 is 0 Å². The number of likely N-dealkylation sites (tertiary alicyclic amines) is 1. The highest BCUT2D eigenvalue weighted by Crippen LogP contribution is 2.27. The van der Waals surface area contributed by atoms with Crippen molar-refractivity contribution in [3.8, 4) is 17.2 Å². The smallest absolute Gasteiger partial charge is 0.233 e. The van der Waals surface area contributed by atoms with Crippen molar-refractivity contribution in [3.05, 3.63) is 54.2 Å². The third kappa shape index (κ3) is 3.94. The maximum Gasteiger partial charge on any atom is 0.233 e. The number of aromatic nitrogens is 4. The second kappa shape index (κ2) is 8.56. The molecule has 0 N–H and O–H groups in total. The molecule has 6 nitrogen and oxygen atoms in total. The van der Waals surface area contributed by atoms with Crippen molar-refractivity contribution in [2.45, 2.75) is 31.3 Å². The molecule has 0 bridgehead atoms. The van der Waals surface area contributed by atoms with Gasteiger partial charge in [0.2, 0.25) is 5.91 Å². The molecule has 1 aliphatic heterocycles. The summed E-state index contributed by atoms with van der Waals surface area (Å²) in [5.74, 6) is 1.21. The lowest BCUT2D eigenvalue weighted by Crippen LogP contribution is -2.29. The molecule has 0 aliphatic carbocycles. The van der Waals surface area contributed by atoms with E-state index in [0.29, 0.717) is 16.7 Å². The minimum Gasteiger partial charge on any atom is -0.342 e. The van der Waals surface area contributed by atoms with Gasteiger partial charge in [-0.15, -0.1) is 10.2 Å². The van der Waals surface area contributed by atoms with E-state index in [2.05, 4.69) is 46.4 Å². The van der Waals surface area contributed by atoms with Gasteiger partial charge in [0.05, 0.1) is 5.75 Å². The molecule has 1 aliphatic rings. The maximum absolute atomic E-state index is 12.5. The van der Waals surface area contributed by atoms with E-state index in [-0.39, 0.29) is 5.91 Å². The highest BCUT2D eigenvalue weighted by atomic mass is 32.2. The van der Waals surface area contributed by atoms with E-state index in [1.54, 1.807) is 6.20 Å². The molecule has 1 saturated heterocycles. The Hall–Kier alpha value is -2.67. The van der Waals surface area contributed by atoms with Crippen molar-refractivity contribution in [3.63, 3.8) is 0 Å². The minimum atomic E-state index is 0.165. The molecule has 4 rings (SSSR count). The average molecular weight is 394 g/mol. The Balaban J connectivity index is 1.65. The summed E-state index contributed by atoms with van der Waals surface area (Å²) in [5, 5.41) is 9.47. The van der Waals surface area contributed by atoms with Crippen LogP contribution >= 0.6 is 11.8 Å². The number of carbonyl (C=O) groups is 1. The van der Waals surface area contributed by atoms with Gasteiger partial charge in [0, 0.05) is 25.0 Å². The number of amides is 1. The molecular formula is C21H23N5OS. The average Bonchev–Trinajstić information content (AvgIpc) is 3.43. The van der Waals surface area contributed by atoms with Crippen molar-refractivity contribution in [2.24, 2.45) is 0 Å². The molecule has 28 heavy (non-hydrogen) atoms. The zero-order valence-corrected chi connectivity index (χ0v) is 16.7. The zero-order valence-electron chi connectivity index (χ0n) is 15.9. The summed E-state index contributed by atoms with van der Waals surface area (Å²) in [5.41, 5.74) is 3.00. The first-order chi connectivity index (χ1) is 13.8.